The molecular weight excluding hydrogens is 574 g/mol. The van der Waals surface area contributed by atoms with Gasteiger partial charge in [0.05, 0.1) is 18.8 Å². The van der Waals surface area contributed by atoms with E-state index >= 15 is 0 Å². The topological polar surface area (TPSA) is 136 Å². The fraction of sp³-hybridized carbons (Fsp3) is 0.250. The predicted octanol–water partition coefficient (Wildman–Crippen LogP) is 1.90. The van der Waals surface area contributed by atoms with Crippen molar-refractivity contribution in [2.24, 2.45) is 5.10 Å². The molecule has 232 valence electrons. The van der Waals surface area contributed by atoms with E-state index in [2.05, 4.69) is 28.1 Å². The van der Waals surface area contributed by atoms with Crippen molar-refractivity contribution in [3.63, 3.8) is 0 Å². The zero-order chi connectivity index (χ0) is 31.3. The molecule has 6 rings (SSSR count). The summed E-state index contributed by atoms with van der Waals surface area (Å²) < 4.78 is 0. The smallest absolute Gasteiger partial charge is 0.334 e. The number of piperazine rings is 1. The van der Waals surface area contributed by atoms with Crippen LogP contribution in [-0.2, 0) is 29.1 Å². The molecule has 0 saturated carbocycles. The van der Waals surface area contributed by atoms with Gasteiger partial charge in [0.2, 0.25) is 11.8 Å². The van der Waals surface area contributed by atoms with E-state index in [1.807, 2.05) is 54.6 Å². The van der Waals surface area contributed by atoms with Crippen LogP contribution >= 0.6 is 0 Å². The van der Waals surface area contributed by atoms with Gasteiger partial charge in [-0.3, -0.25) is 9.59 Å². The van der Waals surface area contributed by atoms with E-state index in [0.717, 1.165) is 22.4 Å². The minimum atomic E-state index is -0.878. The summed E-state index contributed by atoms with van der Waals surface area (Å²) in [5.41, 5.74) is 8.97. The molecule has 13 heteroatoms. The van der Waals surface area contributed by atoms with Gasteiger partial charge >= 0.3 is 6.03 Å². The van der Waals surface area contributed by atoms with Crippen molar-refractivity contribution in [2.45, 2.75) is 31.7 Å². The number of phenolic OH excluding ortho intramolecular Hbond substituents is 1. The van der Waals surface area contributed by atoms with E-state index in [1.165, 1.54) is 0 Å². The minimum Gasteiger partial charge on any atom is -0.508 e. The first-order valence-electron chi connectivity index (χ1n) is 14.7. The molecule has 3 heterocycles. The van der Waals surface area contributed by atoms with Crippen LogP contribution in [0.2, 0.25) is 0 Å². The van der Waals surface area contributed by atoms with E-state index < -0.39 is 12.2 Å². The number of hydrazone groups is 1. The lowest BCUT2D eigenvalue weighted by molar-refractivity contribution is -0.189. The number of carbonyl (C=O) groups excluding carboxylic acids is 3. The average molecular weight is 610 g/mol. The first-order valence-corrected chi connectivity index (χ1v) is 14.7. The zero-order valence-electron chi connectivity index (χ0n) is 24.6. The fourth-order valence-corrected chi connectivity index (χ4v) is 5.96. The maximum absolute atomic E-state index is 14.3. The molecule has 3 aliphatic heterocycles. The van der Waals surface area contributed by atoms with Gasteiger partial charge < -0.3 is 20.2 Å². The van der Waals surface area contributed by atoms with Crippen molar-refractivity contribution in [1.29, 1.82) is 0 Å². The Hall–Kier alpha value is -5.40. The molecule has 3 aromatic rings. The number of nitrogens with one attached hydrogen (secondary N) is 3. The third kappa shape index (κ3) is 6.30. The van der Waals surface area contributed by atoms with Crippen molar-refractivity contribution in [3.05, 3.63) is 108 Å². The summed E-state index contributed by atoms with van der Waals surface area (Å²) in [5.74, 6) is -0.381. The summed E-state index contributed by atoms with van der Waals surface area (Å²) in [4.78, 5) is 45.3. The lowest BCUT2D eigenvalue weighted by atomic mass is 9.98. The normalized spacial score (nSPS) is 19.8. The second-order valence-corrected chi connectivity index (χ2v) is 11.0. The molecule has 0 spiro atoms. The molecule has 2 atom stereocenters. The molecule has 0 aromatic heterocycles. The number of nitrogens with zero attached hydrogens (tertiary/aromatic N) is 6. The molecule has 0 aliphatic carbocycles. The maximum atomic E-state index is 14.3. The Kier molecular flexibility index (Phi) is 8.62. The number of hydrogen-bond acceptors (Lipinski definition) is 9. The van der Waals surface area contributed by atoms with Gasteiger partial charge in [-0.25, -0.2) is 25.4 Å². The van der Waals surface area contributed by atoms with Gasteiger partial charge in [0.15, 0.2) is 0 Å². The summed E-state index contributed by atoms with van der Waals surface area (Å²) in [6.07, 6.45) is 2.68. The maximum Gasteiger partial charge on any atom is 0.334 e. The number of hydrazine groups is 3. The third-order valence-corrected chi connectivity index (χ3v) is 8.05. The summed E-state index contributed by atoms with van der Waals surface area (Å²) >= 11 is 0. The highest BCUT2D eigenvalue weighted by atomic mass is 16.3. The number of hydrogen-bond donors (Lipinski definition) is 4. The first-order chi connectivity index (χ1) is 21.9. The molecule has 0 bridgehead atoms. The Morgan fingerprint density at radius 3 is 2.51 bits per heavy atom. The molecule has 0 radical (unpaired) electrons. The van der Waals surface area contributed by atoms with Crippen LogP contribution in [0, 0.1) is 0 Å². The standard InChI is InChI=1S/C32H35N9O4/c1-2-16-38-21-30(43)40-28(17-23-12-14-26(42)15-13-23)31(44)37(19-25-10-6-7-11-27(25)39-22-34-35-36-39)20-29(40)41(38)32(45)33-18-24-8-4-3-5-9-24/h2-15,22,28-29,35-36,42H,1,16-21H2,(H,33,45)/t28?,29-/m0/s1. The molecule has 45 heavy (non-hydrogen) atoms. The van der Waals surface area contributed by atoms with E-state index in [4.69, 9.17) is 0 Å². The summed E-state index contributed by atoms with van der Waals surface area (Å²) in [5, 5.41) is 21.8. The number of benzene rings is 3. The molecule has 2 fully saturated rings. The van der Waals surface area contributed by atoms with Gasteiger partial charge in [-0.15, -0.1) is 12.1 Å². The Morgan fingerprint density at radius 2 is 1.78 bits per heavy atom. The highest BCUT2D eigenvalue weighted by Gasteiger charge is 2.51. The highest BCUT2D eigenvalue weighted by Crippen LogP contribution is 2.31. The Labute approximate surface area is 260 Å². The minimum absolute atomic E-state index is 0.0869. The lowest BCUT2D eigenvalue weighted by Crippen LogP contribution is -2.76. The predicted molar refractivity (Wildman–Crippen MR) is 168 cm³/mol. The second-order valence-electron chi connectivity index (χ2n) is 11.0. The van der Waals surface area contributed by atoms with Crippen LogP contribution in [0.4, 0.5) is 10.5 Å². The summed E-state index contributed by atoms with van der Waals surface area (Å²) in [6, 6.07) is 22.5. The van der Waals surface area contributed by atoms with Gasteiger partial charge in [0, 0.05) is 26.1 Å². The van der Waals surface area contributed by atoms with Crippen molar-refractivity contribution >= 4 is 29.9 Å². The largest absolute Gasteiger partial charge is 0.508 e. The van der Waals surface area contributed by atoms with Gasteiger partial charge in [-0.1, -0.05) is 66.7 Å². The van der Waals surface area contributed by atoms with Crippen molar-refractivity contribution in [2.75, 3.05) is 24.6 Å². The van der Waals surface area contributed by atoms with Crippen molar-refractivity contribution < 1.29 is 19.5 Å². The van der Waals surface area contributed by atoms with Crippen LogP contribution in [0.3, 0.4) is 0 Å². The second kappa shape index (κ2) is 13.1. The van der Waals surface area contributed by atoms with E-state index in [0.29, 0.717) is 6.54 Å². The molecule has 3 aliphatic rings. The SMILES string of the molecule is C=CCN1CC(=O)N2C(Cc3ccc(O)cc3)C(=O)N(Cc3ccccc3N3C=NNN3)C[C@@H]2N1C(=O)NCc1ccccc1. The molecule has 13 nitrogen and oxygen atoms in total. The van der Waals surface area contributed by atoms with Crippen molar-refractivity contribution in [3.8, 4) is 5.75 Å². The van der Waals surface area contributed by atoms with Gasteiger partial charge in [-0.2, -0.15) is 5.10 Å². The van der Waals surface area contributed by atoms with Crippen LogP contribution in [0.25, 0.3) is 0 Å². The number of rotatable bonds is 9. The Balaban J connectivity index is 1.35. The lowest BCUT2D eigenvalue weighted by Gasteiger charge is -2.55. The molecule has 4 N–H and O–H groups in total. The summed E-state index contributed by atoms with van der Waals surface area (Å²) in [7, 11) is 0. The molecule has 4 amide bonds. The van der Waals surface area contributed by atoms with E-state index in [9.17, 15) is 19.5 Å². The monoisotopic (exact) mass is 609 g/mol. The van der Waals surface area contributed by atoms with Crippen LogP contribution in [0.5, 0.6) is 5.75 Å². The summed E-state index contributed by atoms with van der Waals surface area (Å²) in [6.45, 7) is 4.64. The number of carbonyl (C=O) groups is 3. The van der Waals surface area contributed by atoms with Crippen LogP contribution in [0.15, 0.2) is 96.6 Å². The number of aromatic hydroxyl groups is 1. The number of fused-ring (bicyclic) bond motifs is 1. The average Bonchev–Trinajstić information content (AvgIpc) is 3.59. The zero-order valence-corrected chi connectivity index (χ0v) is 24.6. The fourth-order valence-electron chi connectivity index (χ4n) is 5.96. The first kappa shape index (κ1) is 29.7. The van der Waals surface area contributed by atoms with Crippen LogP contribution in [-0.4, -0.2) is 81.0 Å². The Bertz CT molecular complexity index is 1580. The number of phenols is 1. The van der Waals surface area contributed by atoms with E-state index in [-0.39, 0.29) is 56.2 Å². The highest BCUT2D eigenvalue weighted by molar-refractivity contribution is 5.92. The number of urea groups is 1. The van der Waals surface area contributed by atoms with E-state index in [1.54, 1.807) is 61.5 Å². The van der Waals surface area contributed by atoms with Gasteiger partial charge in [0.1, 0.15) is 24.3 Å². The van der Waals surface area contributed by atoms with Gasteiger partial charge in [-0.05, 0) is 34.9 Å². The number of anilines is 1. The van der Waals surface area contributed by atoms with Crippen molar-refractivity contribution in [1.82, 2.24) is 36.2 Å². The number of para-hydroxylation sites is 1. The number of amides is 4. The Morgan fingerprint density at radius 1 is 1.02 bits per heavy atom. The van der Waals surface area contributed by atoms with Crippen LogP contribution < -0.4 is 21.4 Å². The molecule has 2 saturated heterocycles. The van der Waals surface area contributed by atoms with Crippen LogP contribution in [0.1, 0.15) is 16.7 Å². The molecular formula is C32H35N9O4. The quantitative estimate of drug-likeness (QED) is 0.270. The third-order valence-electron chi connectivity index (χ3n) is 8.05. The molecule has 1 unspecified atom stereocenters. The molecule has 3 aromatic carbocycles. The van der Waals surface area contributed by atoms with Gasteiger partial charge in [0.25, 0.3) is 0 Å².